The molecule has 2 aromatic carbocycles. The van der Waals surface area contributed by atoms with E-state index in [9.17, 15) is 18.0 Å². The molecule has 3 aromatic rings. The fraction of sp³-hybridized carbons (Fsp3) is 0.200. The topological polar surface area (TPSA) is 54.0 Å². The molecule has 0 atom stereocenters. The highest BCUT2D eigenvalue weighted by molar-refractivity contribution is 7.14. The lowest BCUT2D eigenvalue weighted by Gasteiger charge is -2.09. The highest BCUT2D eigenvalue weighted by Crippen LogP contribution is 2.32. The molecule has 28 heavy (non-hydrogen) atoms. The van der Waals surface area contributed by atoms with Crippen molar-refractivity contribution in [2.45, 2.75) is 26.9 Å². The minimum Gasteiger partial charge on any atom is -0.308 e. The second-order valence-electron chi connectivity index (χ2n) is 6.47. The lowest BCUT2D eigenvalue weighted by Crippen LogP contribution is -2.19. The molecule has 0 saturated heterocycles. The molecule has 0 fully saturated rings. The molecule has 0 aliphatic heterocycles. The summed E-state index contributed by atoms with van der Waals surface area (Å²) >= 11 is 1.28. The normalized spacial score (nSPS) is 11.4. The van der Waals surface area contributed by atoms with E-state index in [0.29, 0.717) is 5.13 Å². The number of benzene rings is 2. The zero-order chi connectivity index (χ0) is 20.5. The lowest BCUT2D eigenvalue weighted by molar-refractivity contribution is -0.137. The molecule has 0 unspecified atom stereocenters. The van der Waals surface area contributed by atoms with Gasteiger partial charge in [-0.25, -0.2) is 9.78 Å². The summed E-state index contributed by atoms with van der Waals surface area (Å²) in [7, 11) is 0. The predicted molar refractivity (Wildman–Crippen MR) is 106 cm³/mol. The van der Waals surface area contributed by atoms with Crippen LogP contribution in [0, 0.1) is 20.8 Å². The van der Waals surface area contributed by atoms with Crippen LogP contribution in [0.4, 0.5) is 28.8 Å². The minimum atomic E-state index is -4.41. The maximum atomic E-state index is 12.6. The molecule has 2 N–H and O–H groups in total. The van der Waals surface area contributed by atoms with Crippen LogP contribution in [-0.4, -0.2) is 11.0 Å². The number of urea groups is 1. The molecular weight excluding hydrogens is 387 g/mol. The fourth-order valence-electron chi connectivity index (χ4n) is 3.03. The Morgan fingerprint density at radius 2 is 1.61 bits per heavy atom. The molecule has 0 spiro atoms. The molecule has 146 valence electrons. The van der Waals surface area contributed by atoms with Crippen LogP contribution in [0.3, 0.4) is 0 Å². The van der Waals surface area contributed by atoms with Gasteiger partial charge in [0.15, 0.2) is 5.13 Å². The summed E-state index contributed by atoms with van der Waals surface area (Å²) in [6.45, 7) is 6.06. The number of hydrogen-bond donors (Lipinski definition) is 2. The predicted octanol–water partition coefficient (Wildman–Crippen LogP) is 6.40. The van der Waals surface area contributed by atoms with E-state index >= 15 is 0 Å². The largest absolute Gasteiger partial charge is 0.416 e. The van der Waals surface area contributed by atoms with E-state index in [1.54, 1.807) is 0 Å². The van der Waals surface area contributed by atoms with Crippen molar-refractivity contribution < 1.29 is 18.0 Å². The number of aryl methyl sites for hydroxylation is 3. The Morgan fingerprint density at radius 3 is 2.18 bits per heavy atom. The van der Waals surface area contributed by atoms with E-state index in [1.165, 1.54) is 29.0 Å². The van der Waals surface area contributed by atoms with Gasteiger partial charge >= 0.3 is 12.2 Å². The van der Waals surface area contributed by atoms with Crippen LogP contribution in [0.25, 0.3) is 11.3 Å². The molecule has 4 nitrogen and oxygen atoms in total. The summed E-state index contributed by atoms with van der Waals surface area (Å²) in [6, 6.07) is 7.82. The highest BCUT2D eigenvalue weighted by atomic mass is 32.1. The fourth-order valence-corrected chi connectivity index (χ4v) is 3.73. The number of hydrogen-bond acceptors (Lipinski definition) is 3. The van der Waals surface area contributed by atoms with Crippen LogP contribution < -0.4 is 10.6 Å². The summed E-state index contributed by atoms with van der Waals surface area (Å²) in [5.74, 6) is 0. The average molecular weight is 405 g/mol. The Kier molecular flexibility index (Phi) is 5.42. The zero-order valence-electron chi connectivity index (χ0n) is 15.4. The molecule has 8 heteroatoms. The molecule has 0 saturated carbocycles. The average Bonchev–Trinajstić information content (AvgIpc) is 3.01. The summed E-state index contributed by atoms with van der Waals surface area (Å²) in [4.78, 5) is 16.6. The van der Waals surface area contributed by atoms with Gasteiger partial charge in [0.25, 0.3) is 0 Å². The lowest BCUT2D eigenvalue weighted by atomic mass is 9.98. The summed E-state index contributed by atoms with van der Waals surface area (Å²) < 4.78 is 37.8. The Balaban J connectivity index is 1.69. The minimum absolute atomic E-state index is 0.257. The zero-order valence-corrected chi connectivity index (χ0v) is 16.3. The van der Waals surface area contributed by atoms with Crippen LogP contribution >= 0.6 is 11.3 Å². The van der Waals surface area contributed by atoms with Crippen LogP contribution in [0.15, 0.2) is 41.8 Å². The maximum Gasteiger partial charge on any atom is 0.416 e. The second-order valence-corrected chi connectivity index (χ2v) is 7.32. The molecule has 1 heterocycles. The third-order valence-electron chi connectivity index (χ3n) is 4.13. The highest BCUT2D eigenvalue weighted by Gasteiger charge is 2.30. The number of alkyl halides is 3. The SMILES string of the molecule is Cc1cc(C)c(-c2csc(NC(=O)Nc3ccc(C(F)(F)F)cc3)n2)c(C)c1. The van der Waals surface area contributed by atoms with Gasteiger partial charge in [0.1, 0.15) is 0 Å². The van der Waals surface area contributed by atoms with Crippen molar-refractivity contribution >= 4 is 28.2 Å². The Bertz CT molecular complexity index is 987. The van der Waals surface area contributed by atoms with E-state index in [4.69, 9.17) is 0 Å². The molecule has 0 radical (unpaired) electrons. The first-order valence-corrected chi connectivity index (χ1v) is 9.30. The number of nitrogens with zero attached hydrogens (tertiary/aromatic N) is 1. The number of aromatic nitrogens is 1. The Hall–Kier alpha value is -2.87. The quantitative estimate of drug-likeness (QED) is 0.530. The summed E-state index contributed by atoms with van der Waals surface area (Å²) in [5.41, 5.74) is 4.65. The summed E-state index contributed by atoms with van der Waals surface area (Å²) in [6.07, 6.45) is -4.41. The molecule has 2 amide bonds. The van der Waals surface area contributed by atoms with Crippen molar-refractivity contribution in [3.05, 3.63) is 64.0 Å². The van der Waals surface area contributed by atoms with Gasteiger partial charge in [0, 0.05) is 16.6 Å². The first-order chi connectivity index (χ1) is 13.1. The Morgan fingerprint density at radius 1 is 1.00 bits per heavy atom. The molecule has 0 aliphatic rings. The van der Waals surface area contributed by atoms with Crippen LogP contribution in [-0.2, 0) is 6.18 Å². The van der Waals surface area contributed by atoms with E-state index < -0.39 is 17.8 Å². The van der Waals surface area contributed by atoms with E-state index in [2.05, 4.69) is 27.8 Å². The molecular formula is C20H18F3N3OS. The van der Waals surface area contributed by atoms with E-state index in [1.807, 2.05) is 26.2 Å². The monoisotopic (exact) mass is 405 g/mol. The third-order valence-corrected chi connectivity index (χ3v) is 4.89. The van der Waals surface area contributed by atoms with Crippen molar-refractivity contribution in [1.29, 1.82) is 0 Å². The third kappa shape index (κ3) is 4.51. The van der Waals surface area contributed by atoms with Crippen LogP contribution in [0.1, 0.15) is 22.3 Å². The van der Waals surface area contributed by atoms with Gasteiger partial charge in [-0.3, -0.25) is 5.32 Å². The van der Waals surface area contributed by atoms with Gasteiger partial charge in [-0.05, 0) is 56.2 Å². The Labute approximate surface area is 164 Å². The molecule has 1 aromatic heterocycles. The first-order valence-electron chi connectivity index (χ1n) is 8.42. The first kappa shape index (κ1) is 19.9. The number of carbonyl (C=O) groups is 1. The second kappa shape index (κ2) is 7.63. The number of carbonyl (C=O) groups excluding carboxylic acids is 1. The van der Waals surface area contributed by atoms with Gasteiger partial charge in [0.05, 0.1) is 11.3 Å². The van der Waals surface area contributed by atoms with Crippen LogP contribution in [0.5, 0.6) is 0 Å². The van der Waals surface area contributed by atoms with Crippen molar-refractivity contribution in [1.82, 2.24) is 4.98 Å². The molecule has 0 bridgehead atoms. The number of anilines is 2. The standard InChI is InChI=1S/C20H18F3N3OS/c1-11-8-12(2)17(13(3)9-11)16-10-28-19(25-16)26-18(27)24-15-6-4-14(5-7-15)20(21,22)23/h4-10H,1-3H3,(H2,24,25,26,27). The maximum absolute atomic E-state index is 12.6. The van der Waals surface area contributed by atoms with Crippen molar-refractivity contribution in [3.8, 4) is 11.3 Å². The van der Waals surface area contributed by atoms with Gasteiger partial charge in [-0.15, -0.1) is 11.3 Å². The number of amides is 2. The van der Waals surface area contributed by atoms with Crippen molar-refractivity contribution in [3.63, 3.8) is 0 Å². The number of rotatable bonds is 3. The summed E-state index contributed by atoms with van der Waals surface area (Å²) in [5, 5.41) is 7.37. The molecule has 3 rings (SSSR count). The van der Waals surface area contributed by atoms with E-state index in [-0.39, 0.29) is 5.69 Å². The molecule has 0 aliphatic carbocycles. The van der Waals surface area contributed by atoms with Crippen LogP contribution in [0.2, 0.25) is 0 Å². The van der Waals surface area contributed by atoms with E-state index in [0.717, 1.165) is 34.5 Å². The van der Waals surface area contributed by atoms with Gasteiger partial charge < -0.3 is 5.32 Å². The van der Waals surface area contributed by atoms with Gasteiger partial charge in [-0.1, -0.05) is 17.7 Å². The van der Waals surface area contributed by atoms with Crippen molar-refractivity contribution in [2.75, 3.05) is 10.6 Å². The van der Waals surface area contributed by atoms with Crippen molar-refractivity contribution in [2.24, 2.45) is 0 Å². The smallest absolute Gasteiger partial charge is 0.308 e. The number of nitrogens with one attached hydrogen (secondary N) is 2. The van der Waals surface area contributed by atoms with Gasteiger partial charge in [0.2, 0.25) is 0 Å². The van der Waals surface area contributed by atoms with Gasteiger partial charge in [-0.2, -0.15) is 13.2 Å². The number of halogens is 3. The number of thiazole rings is 1.